The van der Waals surface area contributed by atoms with Crippen LogP contribution in [0.1, 0.15) is 33.1 Å². The first-order valence-corrected chi connectivity index (χ1v) is 5.73. The summed E-state index contributed by atoms with van der Waals surface area (Å²) < 4.78 is 0. The van der Waals surface area contributed by atoms with Crippen LogP contribution in [0.3, 0.4) is 0 Å². The molecule has 3 atom stereocenters. The van der Waals surface area contributed by atoms with Crippen LogP contribution in [-0.2, 0) is 0 Å². The van der Waals surface area contributed by atoms with Crippen LogP contribution in [0, 0.1) is 5.92 Å². The molecule has 2 saturated heterocycles. The molecule has 2 aliphatic rings. The third-order valence-electron chi connectivity index (χ3n) is 3.53. The van der Waals surface area contributed by atoms with Gasteiger partial charge in [0.25, 0.3) is 0 Å². The molecule has 76 valence electrons. The quantitative estimate of drug-likeness (QED) is 0.660. The van der Waals surface area contributed by atoms with Crippen molar-refractivity contribution in [3.05, 3.63) is 0 Å². The first-order chi connectivity index (χ1) is 6.25. The Balaban J connectivity index is 1.85. The van der Waals surface area contributed by atoms with Crippen LogP contribution in [0.25, 0.3) is 0 Å². The lowest BCUT2D eigenvalue weighted by molar-refractivity contribution is 0.137. The van der Waals surface area contributed by atoms with Crippen molar-refractivity contribution in [1.29, 1.82) is 0 Å². The monoisotopic (exact) mass is 182 g/mol. The van der Waals surface area contributed by atoms with Gasteiger partial charge in [-0.05, 0) is 38.6 Å². The van der Waals surface area contributed by atoms with Gasteiger partial charge in [0, 0.05) is 25.2 Å². The van der Waals surface area contributed by atoms with Crippen molar-refractivity contribution in [1.82, 2.24) is 10.2 Å². The van der Waals surface area contributed by atoms with E-state index in [4.69, 9.17) is 0 Å². The zero-order valence-corrected chi connectivity index (χ0v) is 8.92. The Kier molecular flexibility index (Phi) is 2.89. The number of piperidine rings is 1. The van der Waals surface area contributed by atoms with Gasteiger partial charge in [-0.25, -0.2) is 0 Å². The normalized spacial score (nSPS) is 42.5. The second-order valence-electron chi connectivity index (χ2n) is 4.94. The fraction of sp³-hybridized carbons (Fsp3) is 1.00. The lowest BCUT2D eigenvalue weighted by Gasteiger charge is -2.35. The number of nitrogens with one attached hydrogen (secondary N) is 1. The Morgan fingerprint density at radius 1 is 1.31 bits per heavy atom. The molecule has 13 heavy (non-hydrogen) atoms. The molecule has 0 spiro atoms. The van der Waals surface area contributed by atoms with Gasteiger partial charge in [0.05, 0.1) is 0 Å². The average molecular weight is 182 g/mol. The molecule has 2 aliphatic heterocycles. The van der Waals surface area contributed by atoms with Crippen LogP contribution in [0.5, 0.6) is 0 Å². The summed E-state index contributed by atoms with van der Waals surface area (Å²) in [5.74, 6) is 0.921. The van der Waals surface area contributed by atoms with E-state index in [9.17, 15) is 0 Å². The van der Waals surface area contributed by atoms with E-state index >= 15 is 0 Å². The Bertz CT molecular complexity index is 169. The third-order valence-corrected chi connectivity index (χ3v) is 3.53. The Hall–Kier alpha value is -0.0800. The van der Waals surface area contributed by atoms with E-state index in [1.165, 1.54) is 38.9 Å². The maximum absolute atomic E-state index is 3.54. The van der Waals surface area contributed by atoms with E-state index in [-0.39, 0.29) is 0 Å². The van der Waals surface area contributed by atoms with Crippen LogP contribution in [0.15, 0.2) is 0 Å². The van der Waals surface area contributed by atoms with Gasteiger partial charge in [-0.15, -0.1) is 0 Å². The summed E-state index contributed by atoms with van der Waals surface area (Å²) >= 11 is 0. The molecular formula is C11H22N2. The van der Waals surface area contributed by atoms with Crippen LogP contribution < -0.4 is 5.32 Å². The molecule has 0 aromatic heterocycles. The minimum atomic E-state index is 0.738. The van der Waals surface area contributed by atoms with Crippen LogP contribution in [0.2, 0.25) is 0 Å². The fourth-order valence-corrected chi connectivity index (χ4v) is 2.75. The van der Waals surface area contributed by atoms with Crippen LogP contribution in [-0.4, -0.2) is 36.6 Å². The van der Waals surface area contributed by atoms with Gasteiger partial charge in [-0.1, -0.05) is 6.92 Å². The van der Waals surface area contributed by atoms with Crippen molar-refractivity contribution in [3.8, 4) is 0 Å². The predicted octanol–water partition coefficient (Wildman–Crippen LogP) is 1.47. The van der Waals surface area contributed by atoms with Gasteiger partial charge < -0.3 is 5.32 Å². The van der Waals surface area contributed by atoms with E-state index in [0.717, 1.165) is 18.0 Å². The van der Waals surface area contributed by atoms with E-state index in [1.807, 2.05) is 0 Å². The largest absolute Gasteiger partial charge is 0.313 e. The number of hydrogen-bond donors (Lipinski definition) is 1. The molecule has 0 aromatic rings. The summed E-state index contributed by atoms with van der Waals surface area (Å²) in [6.45, 7) is 8.57. The van der Waals surface area contributed by atoms with Gasteiger partial charge >= 0.3 is 0 Å². The summed E-state index contributed by atoms with van der Waals surface area (Å²) in [6.07, 6.45) is 4.20. The third kappa shape index (κ3) is 2.23. The molecule has 0 radical (unpaired) electrons. The fourth-order valence-electron chi connectivity index (χ4n) is 2.75. The second kappa shape index (κ2) is 3.97. The molecule has 2 heteroatoms. The molecule has 0 aromatic carbocycles. The summed E-state index contributed by atoms with van der Waals surface area (Å²) in [5.41, 5.74) is 0. The number of rotatable bonds is 1. The van der Waals surface area contributed by atoms with E-state index in [0.29, 0.717) is 0 Å². The Morgan fingerprint density at radius 3 is 2.77 bits per heavy atom. The highest BCUT2D eigenvalue weighted by Gasteiger charge is 2.28. The molecule has 2 fully saturated rings. The SMILES string of the molecule is CC1CCCN(C2CNC(C)C2)C1. The van der Waals surface area contributed by atoms with E-state index in [2.05, 4.69) is 24.1 Å². The summed E-state index contributed by atoms with van der Waals surface area (Å²) in [6, 6.07) is 1.57. The average Bonchev–Trinajstić information content (AvgIpc) is 2.52. The van der Waals surface area contributed by atoms with Gasteiger partial charge in [0.1, 0.15) is 0 Å². The number of likely N-dealkylation sites (tertiary alicyclic amines) is 1. The van der Waals surface area contributed by atoms with Crippen molar-refractivity contribution >= 4 is 0 Å². The van der Waals surface area contributed by atoms with E-state index < -0.39 is 0 Å². The molecule has 0 saturated carbocycles. The first-order valence-electron chi connectivity index (χ1n) is 5.73. The van der Waals surface area contributed by atoms with Crippen molar-refractivity contribution in [2.75, 3.05) is 19.6 Å². The lowest BCUT2D eigenvalue weighted by Crippen LogP contribution is -2.43. The summed E-state index contributed by atoms with van der Waals surface area (Å²) in [4.78, 5) is 2.70. The Morgan fingerprint density at radius 2 is 2.15 bits per heavy atom. The molecule has 0 bridgehead atoms. The molecule has 0 aliphatic carbocycles. The molecule has 2 rings (SSSR count). The minimum absolute atomic E-state index is 0.738. The molecule has 2 heterocycles. The summed E-state index contributed by atoms with van der Waals surface area (Å²) in [5, 5.41) is 3.54. The minimum Gasteiger partial charge on any atom is -0.313 e. The smallest absolute Gasteiger partial charge is 0.0235 e. The highest BCUT2D eigenvalue weighted by Crippen LogP contribution is 2.21. The van der Waals surface area contributed by atoms with Crippen molar-refractivity contribution in [2.24, 2.45) is 5.92 Å². The Labute approximate surface area is 81.7 Å². The van der Waals surface area contributed by atoms with Crippen molar-refractivity contribution < 1.29 is 0 Å². The topological polar surface area (TPSA) is 15.3 Å². The van der Waals surface area contributed by atoms with Crippen molar-refractivity contribution in [2.45, 2.75) is 45.2 Å². The second-order valence-corrected chi connectivity index (χ2v) is 4.94. The first kappa shape index (κ1) is 9.47. The molecule has 3 unspecified atom stereocenters. The predicted molar refractivity (Wildman–Crippen MR) is 55.8 cm³/mol. The maximum atomic E-state index is 3.54. The van der Waals surface area contributed by atoms with Gasteiger partial charge in [-0.2, -0.15) is 0 Å². The summed E-state index contributed by atoms with van der Waals surface area (Å²) in [7, 11) is 0. The molecule has 1 N–H and O–H groups in total. The zero-order valence-electron chi connectivity index (χ0n) is 8.92. The van der Waals surface area contributed by atoms with Gasteiger partial charge in [0.2, 0.25) is 0 Å². The lowest BCUT2D eigenvalue weighted by atomic mass is 9.98. The maximum Gasteiger partial charge on any atom is 0.0235 e. The van der Waals surface area contributed by atoms with Gasteiger partial charge in [0.15, 0.2) is 0 Å². The van der Waals surface area contributed by atoms with E-state index in [1.54, 1.807) is 0 Å². The van der Waals surface area contributed by atoms with Gasteiger partial charge in [-0.3, -0.25) is 4.90 Å². The highest BCUT2D eigenvalue weighted by atomic mass is 15.2. The van der Waals surface area contributed by atoms with Crippen molar-refractivity contribution in [3.63, 3.8) is 0 Å². The zero-order chi connectivity index (χ0) is 9.26. The van der Waals surface area contributed by atoms with Crippen LogP contribution >= 0.6 is 0 Å². The molecule has 2 nitrogen and oxygen atoms in total. The highest BCUT2D eigenvalue weighted by molar-refractivity contribution is 4.87. The molecule has 0 amide bonds. The number of nitrogens with zero attached hydrogens (tertiary/aromatic N) is 1. The number of hydrogen-bond acceptors (Lipinski definition) is 2. The van der Waals surface area contributed by atoms with Crippen LogP contribution in [0.4, 0.5) is 0 Å². The standard InChI is InChI=1S/C11H22N2/c1-9-4-3-5-13(8-9)11-6-10(2)12-7-11/h9-12H,3-8H2,1-2H3. The molecular weight excluding hydrogens is 160 g/mol.